The third kappa shape index (κ3) is 20.7. The van der Waals surface area contributed by atoms with E-state index in [4.69, 9.17) is 0 Å². The van der Waals surface area contributed by atoms with Crippen molar-refractivity contribution in [2.45, 2.75) is 161 Å². The first-order chi connectivity index (χ1) is 27.4. The van der Waals surface area contributed by atoms with E-state index < -0.39 is 0 Å². The molecule has 0 aromatic rings. The van der Waals surface area contributed by atoms with Crippen LogP contribution in [0, 0.1) is 23.7 Å². The number of nitrogens with zero attached hydrogens (tertiary/aromatic N) is 3. The second-order valence-corrected chi connectivity index (χ2v) is 18.2. The number of piperidine rings is 4. The Morgan fingerprint density at radius 3 is 1.29 bits per heavy atom. The van der Waals surface area contributed by atoms with Crippen LogP contribution in [-0.2, 0) is 19.2 Å². The molecule has 3 N–H and O–H groups in total. The zero-order chi connectivity index (χ0) is 39.6. The summed E-state index contributed by atoms with van der Waals surface area (Å²) < 4.78 is 0. The molecule has 2 amide bonds. The maximum Gasteiger partial charge on any atom is 0.221 e. The largest absolute Gasteiger partial charge is 0.356 e. The summed E-state index contributed by atoms with van der Waals surface area (Å²) in [5, 5.41) is 9.31. The molecule has 4 saturated heterocycles. The van der Waals surface area contributed by atoms with Gasteiger partial charge >= 0.3 is 0 Å². The van der Waals surface area contributed by atoms with E-state index in [0.717, 1.165) is 95.2 Å². The fourth-order valence-electron chi connectivity index (χ4n) is 9.71. The van der Waals surface area contributed by atoms with Crippen molar-refractivity contribution in [1.82, 2.24) is 30.7 Å². The van der Waals surface area contributed by atoms with E-state index >= 15 is 0 Å². The van der Waals surface area contributed by atoms with Gasteiger partial charge in [-0.2, -0.15) is 0 Å². The summed E-state index contributed by atoms with van der Waals surface area (Å²) in [7, 11) is 0. The third-order valence-electron chi connectivity index (χ3n) is 13.8. The van der Waals surface area contributed by atoms with Crippen molar-refractivity contribution in [3.8, 4) is 0 Å². The van der Waals surface area contributed by atoms with E-state index in [9.17, 15) is 19.2 Å². The van der Waals surface area contributed by atoms with Crippen LogP contribution in [0.15, 0.2) is 0 Å². The summed E-state index contributed by atoms with van der Waals surface area (Å²) >= 11 is 0. The number of nitrogens with one attached hydrogen (secondary N) is 3. The monoisotopic (exact) mass is 785 g/mol. The van der Waals surface area contributed by atoms with Crippen LogP contribution in [0.5, 0.6) is 0 Å². The Hall–Kier alpha value is -1.88. The van der Waals surface area contributed by atoms with Gasteiger partial charge < -0.3 is 30.7 Å². The van der Waals surface area contributed by atoms with Crippen molar-refractivity contribution in [3.63, 3.8) is 0 Å². The highest BCUT2D eigenvalue weighted by Gasteiger charge is 2.23. The molecule has 0 aromatic carbocycles. The van der Waals surface area contributed by atoms with Crippen molar-refractivity contribution in [1.29, 1.82) is 0 Å². The first kappa shape index (κ1) is 46.8. The van der Waals surface area contributed by atoms with E-state index in [1.165, 1.54) is 116 Å². The summed E-state index contributed by atoms with van der Waals surface area (Å²) in [5.74, 6) is 4.49. The number of ketones is 2. The molecule has 4 aliphatic heterocycles. The maximum atomic E-state index is 12.6. The van der Waals surface area contributed by atoms with Gasteiger partial charge in [-0.15, -0.1) is 0 Å². The molecule has 4 heterocycles. The molecule has 0 atom stereocenters. The molecule has 322 valence electrons. The lowest BCUT2D eigenvalue weighted by Crippen LogP contribution is -2.37. The summed E-state index contributed by atoms with van der Waals surface area (Å²) in [6, 6.07) is 0. The number of hydrogen-bond donors (Lipinski definition) is 3. The fourth-order valence-corrected chi connectivity index (χ4v) is 9.71. The lowest BCUT2D eigenvalue weighted by atomic mass is 9.87. The predicted molar refractivity (Wildman–Crippen MR) is 229 cm³/mol. The highest BCUT2D eigenvalue weighted by molar-refractivity contribution is 5.79. The minimum Gasteiger partial charge on any atom is -0.356 e. The summed E-state index contributed by atoms with van der Waals surface area (Å²) in [6.07, 6.45) is 26.1. The number of carbonyl (C=O) groups is 4. The fraction of sp³-hybridized carbons (Fsp3) is 0.913. The Balaban J connectivity index is 0.889. The predicted octanol–water partition coefficient (Wildman–Crippen LogP) is 6.75. The van der Waals surface area contributed by atoms with Gasteiger partial charge in [-0.25, -0.2) is 0 Å². The number of rotatable bonds is 28. The van der Waals surface area contributed by atoms with Gasteiger partial charge in [-0.05, 0) is 147 Å². The highest BCUT2D eigenvalue weighted by atomic mass is 16.2. The van der Waals surface area contributed by atoms with Gasteiger partial charge in [0, 0.05) is 71.2 Å². The van der Waals surface area contributed by atoms with Crippen LogP contribution in [0.25, 0.3) is 0 Å². The average molecular weight is 785 g/mol. The van der Waals surface area contributed by atoms with Gasteiger partial charge in [0.2, 0.25) is 11.8 Å². The second kappa shape index (κ2) is 28.5. The number of likely N-dealkylation sites (tertiary alicyclic amines) is 3. The lowest BCUT2D eigenvalue weighted by Gasteiger charge is -2.33. The van der Waals surface area contributed by atoms with Crippen LogP contribution in [0.2, 0.25) is 0 Å². The molecule has 4 rings (SSSR count). The van der Waals surface area contributed by atoms with Gasteiger partial charge in [-0.1, -0.05) is 51.9 Å². The summed E-state index contributed by atoms with van der Waals surface area (Å²) in [4.78, 5) is 56.1. The van der Waals surface area contributed by atoms with Crippen molar-refractivity contribution in [3.05, 3.63) is 0 Å². The molecule has 10 nitrogen and oxygen atoms in total. The molecule has 10 heteroatoms. The number of carbonyl (C=O) groups excluding carboxylic acids is 4. The smallest absolute Gasteiger partial charge is 0.221 e. The van der Waals surface area contributed by atoms with Crippen LogP contribution in [0.1, 0.15) is 161 Å². The van der Waals surface area contributed by atoms with Crippen LogP contribution in [0.3, 0.4) is 0 Å². The minimum absolute atomic E-state index is 0.0598. The van der Waals surface area contributed by atoms with Crippen LogP contribution < -0.4 is 16.0 Å². The van der Waals surface area contributed by atoms with Crippen molar-refractivity contribution in [2.24, 2.45) is 23.7 Å². The topological polar surface area (TPSA) is 114 Å². The summed E-state index contributed by atoms with van der Waals surface area (Å²) in [6.45, 7) is 15.0. The molecule has 0 saturated carbocycles. The molecule has 0 aromatic heterocycles. The molecule has 0 radical (unpaired) electrons. The molecular weight excluding hydrogens is 701 g/mol. The van der Waals surface area contributed by atoms with Gasteiger partial charge in [0.1, 0.15) is 11.6 Å². The van der Waals surface area contributed by atoms with Gasteiger partial charge in [0.25, 0.3) is 0 Å². The summed E-state index contributed by atoms with van der Waals surface area (Å²) in [5.41, 5.74) is 0. The molecule has 56 heavy (non-hydrogen) atoms. The second-order valence-electron chi connectivity index (χ2n) is 18.2. The molecule has 0 spiro atoms. The zero-order valence-electron chi connectivity index (χ0n) is 35.9. The van der Waals surface area contributed by atoms with E-state index in [1.807, 2.05) is 6.92 Å². The number of unbranched alkanes of at least 4 members (excludes halogenated alkanes) is 2. The standard InChI is InChI=1S/C46H84N6O4/c1-2-45(55)48-26-8-27-49-46(56)25-38-52-34-21-42(22-35-52)12-7-11-41-19-32-51(33-20-41)37-24-44(54)14-5-3-4-13-43(53)23-36-50-30-17-40(18-31-50)10-6-9-39-15-28-47-29-16-39/h39-42,47H,2-38H2,1H3,(H,48,55)(H,49,56). The van der Waals surface area contributed by atoms with Crippen molar-refractivity contribution >= 4 is 23.4 Å². The molecule has 0 bridgehead atoms. The molecule has 4 aliphatic rings. The van der Waals surface area contributed by atoms with Crippen molar-refractivity contribution < 1.29 is 19.2 Å². The SMILES string of the molecule is CCC(=O)NCCCNC(=O)CCN1CCC(CCCC2CCN(CCC(=O)CCCCCC(=O)CCN3CCC(CCCC4CCNCC4)CC3)CC2)CC1. The number of amides is 2. The van der Waals surface area contributed by atoms with Crippen molar-refractivity contribution in [2.75, 3.05) is 85.1 Å². The number of Topliss-reactive ketones (excluding diaryl/α,β-unsaturated/α-hetero) is 2. The van der Waals surface area contributed by atoms with E-state index in [2.05, 4.69) is 30.7 Å². The quantitative estimate of drug-likeness (QED) is 0.0748. The number of hydrogen-bond acceptors (Lipinski definition) is 8. The Morgan fingerprint density at radius 1 is 0.464 bits per heavy atom. The van der Waals surface area contributed by atoms with Crippen LogP contribution in [0.4, 0.5) is 0 Å². The Labute approximate surface area is 342 Å². The van der Waals surface area contributed by atoms with Crippen LogP contribution >= 0.6 is 0 Å². The molecule has 0 aliphatic carbocycles. The zero-order valence-corrected chi connectivity index (χ0v) is 35.9. The van der Waals surface area contributed by atoms with Gasteiger partial charge in [-0.3, -0.25) is 19.2 Å². The Morgan fingerprint density at radius 2 is 0.857 bits per heavy atom. The minimum atomic E-state index is 0.0598. The van der Waals surface area contributed by atoms with E-state index in [1.54, 1.807) is 0 Å². The molecule has 4 fully saturated rings. The normalized spacial score (nSPS) is 20.3. The Kier molecular flexibility index (Phi) is 23.8. The highest BCUT2D eigenvalue weighted by Crippen LogP contribution is 2.28. The van der Waals surface area contributed by atoms with Gasteiger partial charge in [0.15, 0.2) is 0 Å². The van der Waals surface area contributed by atoms with Crippen LogP contribution in [-0.4, -0.2) is 123 Å². The van der Waals surface area contributed by atoms with Gasteiger partial charge in [0.05, 0.1) is 0 Å². The van der Waals surface area contributed by atoms with E-state index in [-0.39, 0.29) is 11.8 Å². The first-order valence-corrected chi connectivity index (χ1v) is 23.8. The first-order valence-electron chi connectivity index (χ1n) is 23.8. The van der Waals surface area contributed by atoms with E-state index in [0.29, 0.717) is 63.2 Å². The Bertz CT molecular complexity index is 1090. The lowest BCUT2D eigenvalue weighted by molar-refractivity contribution is -0.122. The molecule has 0 unspecified atom stereocenters. The molecular formula is C46H84N6O4. The average Bonchev–Trinajstić information content (AvgIpc) is 3.22. The third-order valence-corrected chi connectivity index (χ3v) is 13.8. The maximum absolute atomic E-state index is 12.6.